The highest BCUT2D eigenvalue weighted by Crippen LogP contribution is 2.16. The Balaban J connectivity index is 1.68. The summed E-state index contributed by atoms with van der Waals surface area (Å²) in [4.78, 5) is 14.3. The fourth-order valence-corrected chi connectivity index (χ4v) is 2.48. The van der Waals surface area contributed by atoms with Gasteiger partial charge in [0.05, 0.1) is 12.8 Å². The van der Waals surface area contributed by atoms with Crippen molar-refractivity contribution in [3.8, 4) is 0 Å². The van der Waals surface area contributed by atoms with Gasteiger partial charge in [0.15, 0.2) is 0 Å². The van der Waals surface area contributed by atoms with E-state index in [4.69, 9.17) is 9.26 Å². The van der Waals surface area contributed by atoms with Crippen molar-refractivity contribution in [1.29, 1.82) is 0 Å². The number of nitrogens with one attached hydrogen (secondary N) is 1. The summed E-state index contributed by atoms with van der Waals surface area (Å²) in [6.45, 7) is 6.41. The Kier molecular flexibility index (Phi) is 5.55. The molecule has 112 valence electrons. The quantitative estimate of drug-likeness (QED) is 0.845. The number of carbonyl (C=O) groups is 1. The summed E-state index contributed by atoms with van der Waals surface area (Å²) in [5.41, 5.74) is 0.530. The predicted octanol–water partition coefficient (Wildman–Crippen LogP) is 1.07. The Morgan fingerprint density at radius 2 is 2.30 bits per heavy atom. The predicted molar refractivity (Wildman–Crippen MR) is 74.6 cm³/mol. The van der Waals surface area contributed by atoms with E-state index in [-0.39, 0.29) is 5.91 Å². The van der Waals surface area contributed by atoms with Crippen molar-refractivity contribution >= 4 is 5.91 Å². The molecule has 2 heterocycles. The fourth-order valence-electron chi connectivity index (χ4n) is 2.48. The molecule has 1 fully saturated rings. The van der Waals surface area contributed by atoms with Crippen LogP contribution in [0.1, 0.15) is 29.0 Å². The third-order valence-electron chi connectivity index (χ3n) is 3.87. The normalized spacial score (nSPS) is 17.3. The van der Waals surface area contributed by atoms with Crippen LogP contribution in [0.3, 0.4) is 0 Å². The number of amides is 1. The van der Waals surface area contributed by atoms with E-state index in [2.05, 4.69) is 15.4 Å². The van der Waals surface area contributed by atoms with Gasteiger partial charge in [0.2, 0.25) is 0 Å². The molecule has 2 rings (SSSR count). The van der Waals surface area contributed by atoms with E-state index in [9.17, 15) is 4.79 Å². The fraction of sp³-hybridized carbons (Fsp3) is 0.714. The lowest BCUT2D eigenvalue weighted by atomic mass is 9.96. The van der Waals surface area contributed by atoms with Crippen molar-refractivity contribution < 1.29 is 14.1 Å². The number of nitrogens with zero attached hydrogens (tertiary/aromatic N) is 2. The first kappa shape index (κ1) is 15.0. The van der Waals surface area contributed by atoms with Crippen LogP contribution in [-0.2, 0) is 4.74 Å². The number of piperidine rings is 1. The lowest BCUT2D eigenvalue weighted by Gasteiger charge is -2.31. The van der Waals surface area contributed by atoms with E-state index in [0.29, 0.717) is 17.2 Å². The molecule has 1 aliphatic rings. The summed E-state index contributed by atoms with van der Waals surface area (Å²) in [5.74, 6) is 1.03. The number of methoxy groups -OCH3 is 1. The van der Waals surface area contributed by atoms with Crippen LogP contribution in [0.15, 0.2) is 10.7 Å². The van der Waals surface area contributed by atoms with Crippen LogP contribution in [-0.4, -0.2) is 55.9 Å². The minimum absolute atomic E-state index is 0.0921. The maximum Gasteiger partial charge on any atom is 0.256 e. The zero-order valence-electron chi connectivity index (χ0n) is 12.2. The molecule has 1 aliphatic heterocycles. The van der Waals surface area contributed by atoms with E-state index in [1.54, 1.807) is 14.0 Å². The summed E-state index contributed by atoms with van der Waals surface area (Å²) < 4.78 is 9.99. The third-order valence-corrected chi connectivity index (χ3v) is 3.87. The lowest BCUT2D eigenvalue weighted by molar-refractivity contribution is 0.0924. The van der Waals surface area contributed by atoms with Crippen LogP contribution in [0.2, 0.25) is 0 Å². The van der Waals surface area contributed by atoms with Crippen molar-refractivity contribution in [1.82, 2.24) is 15.4 Å². The third kappa shape index (κ3) is 4.05. The van der Waals surface area contributed by atoms with Gasteiger partial charge in [-0.05, 0) is 38.8 Å². The zero-order chi connectivity index (χ0) is 14.4. The number of aryl methyl sites for hydroxylation is 1. The highest BCUT2D eigenvalue weighted by molar-refractivity contribution is 5.94. The van der Waals surface area contributed by atoms with Crippen LogP contribution in [0.5, 0.6) is 0 Å². The zero-order valence-corrected chi connectivity index (χ0v) is 12.2. The lowest BCUT2D eigenvalue weighted by Crippen LogP contribution is -2.39. The highest BCUT2D eigenvalue weighted by atomic mass is 16.5. The monoisotopic (exact) mass is 281 g/mol. The van der Waals surface area contributed by atoms with Crippen LogP contribution < -0.4 is 5.32 Å². The number of hydrogen-bond acceptors (Lipinski definition) is 5. The Hall–Kier alpha value is -1.40. The van der Waals surface area contributed by atoms with Gasteiger partial charge in [-0.1, -0.05) is 5.16 Å². The second-order valence-electron chi connectivity index (χ2n) is 5.28. The SMILES string of the molecule is COCCN1CCC(CNC(=O)c2cnoc2C)CC1. The molecule has 0 saturated carbocycles. The molecule has 0 bridgehead atoms. The Bertz CT molecular complexity index is 425. The summed E-state index contributed by atoms with van der Waals surface area (Å²) in [6.07, 6.45) is 3.71. The molecule has 0 atom stereocenters. The molecule has 6 nitrogen and oxygen atoms in total. The molecule has 0 aliphatic carbocycles. The molecular formula is C14H23N3O3. The maximum absolute atomic E-state index is 11.9. The number of likely N-dealkylation sites (tertiary alicyclic amines) is 1. The van der Waals surface area contributed by atoms with Crippen molar-refractivity contribution in [2.75, 3.05) is 39.9 Å². The smallest absolute Gasteiger partial charge is 0.256 e. The summed E-state index contributed by atoms with van der Waals surface area (Å²) in [6, 6.07) is 0. The van der Waals surface area contributed by atoms with Gasteiger partial charge in [0.25, 0.3) is 5.91 Å². The van der Waals surface area contributed by atoms with Gasteiger partial charge in [0.1, 0.15) is 11.3 Å². The van der Waals surface area contributed by atoms with Crippen LogP contribution in [0, 0.1) is 12.8 Å². The standard InChI is InChI=1S/C14H23N3O3/c1-11-13(10-16-20-11)14(18)15-9-12-3-5-17(6-4-12)7-8-19-2/h10,12H,3-9H2,1-2H3,(H,15,18). The van der Waals surface area contributed by atoms with E-state index in [1.807, 2.05) is 0 Å². The minimum Gasteiger partial charge on any atom is -0.383 e. The molecule has 6 heteroatoms. The summed E-state index contributed by atoms with van der Waals surface area (Å²) >= 11 is 0. The highest BCUT2D eigenvalue weighted by Gasteiger charge is 2.20. The number of aromatic nitrogens is 1. The molecule has 1 aromatic rings. The molecule has 1 amide bonds. The van der Waals surface area contributed by atoms with E-state index >= 15 is 0 Å². The number of rotatable bonds is 6. The largest absolute Gasteiger partial charge is 0.383 e. The molecular weight excluding hydrogens is 258 g/mol. The van der Waals surface area contributed by atoms with Gasteiger partial charge >= 0.3 is 0 Å². The maximum atomic E-state index is 11.9. The first-order valence-electron chi connectivity index (χ1n) is 7.11. The Morgan fingerprint density at radius 3 is 2.90 bits per heavy atom. The van der Waals surface area contributed by atoms with Crippen LogP contribution in [0.25, 0.3) is 0 Å². The molecule has 0 unspecified atom stereocenters. The van der Waals surface area contributed by atoms with Crippen molar-refractivity contribution in [3.05, 3.63) is 17.5 Å². The van der Waals surface area contributed by atoms with Crippen LogP contribution >= 0.6 is 0 Å². The van der Waals surface area contributed by atoms with E-state index in [0.717, 1.165) is 45.6 Å². The average Bonchev–Trinajstić information content (AvgIpc) is 2.90. The first-order chi connectivity index (χ1) is 9.70. The number of hydrogen-bond donors (Lipinski definition) is 1. The average molecular weight is 281 g/mol. The number of carbonyl (C=O) groups excluding carboxylic acids is 1. The molecule has 0 aromatic carbocycles. The summed E-state index contributed by atoms with van der Waals surface area (Å²) in [5, 5.41) is 6.59. The minimum atomic E-state index is -0.0921. The van der Waals surface area contributed by atoms with Crippen molar-refractivity contribution in [2.45, 2.75) is 19.8 Å². The van der Waals surface area contributed by atoms with Gasteiger partial charge in [-0.15, -0.1) is 0 Å². The van der Waals surface area contributed by atoms with E-state index in [1.165, 1.54) is 6.20 Å². The number of ether oxygens (including phenoxy) is 1. The molecule has 0 radical (unpaired) electrons. The van der Waals surface area contributed by atoms with Crippen molar-refractivity contribution in [3.63, 3.8) is 0 Å². The Morgan fingerprint density at radius 1 is 1.55 bits per heavy atom. The van der Waals surface area contributed by atoms with E-state index < -0.39 is 0 Å². The molecule has 0 spiro atoms. The van der Waals surface area contributed by atoms with Gasteiger partial charge in [0, 0.05) is 20.2 Å². The van der Waals surface area contributed by atoms with Gasteiger partial charge in [-0.3, -0.25) is 4.79 Å². The molecule has 1 saturated heterocycles. The van der Waals surface area contributed by atoms with Crippen LogP contribution in [0.4, 0.5) is 0 Å². The van der Waals surface area contributed by atoms with Crippen molar-refractivity contribution in [2.24, 2.45) is 5.92 Å². The molecule has 1 aromatic heterocycles. The van der Waals surface area contributed by atoms with Gasteiger partial charge in [-0.2, -0.15) is 0 Å². The topological polar surface area (TPSA) is 67.6 Å². The second kappa shape index (κ2) is 7.40. The second-order valence-corrected chi connectivity index (χ2v) is 5.28. The first-order valence-corrected chi connectivity index (χ1v) is 7.11. The van der Waals surface area contributed by atoms with Gasteiger partial charge in [-0.25, -0.2) is 0 Å². The molecule has 20 heavy (non-hydrogen) atoms. The summed E-state index contributed by atoms with van der Waals surface area (Å²) in [7, 11) is 1.73. The Labute approximate surface area is 119 Å². The van der Waals surface area contributed by atoms with Gasteiger partial charge < -0.3 is 19.5 Å². The molecule has 1 N–H and O–H groups in total.